The van der Waals surface area contributed by atoms with Crippen molar-refractivity contribution in [3.8, 4) is 0 Å². The Morgan fingerprint density at radius 2 is 1.87 bits per heavy atom. The van der Waals surface area contributed by atoms with Crippen molar-refractivity contribution in [3.05, 3.63) is 53.5 Å². The normalized spacial score (nSPS) is 11.6. The molecular weight excluding hydrogens is 294 g/mol. The number of primary amides is 1. The molecule has 2 amide bonds. The number of hydrogen-bond donors (Lipinski definition) is 3. The molecule has 23 heavy (non-hydrogen) atoms. The van der Waals surface area contributed by atoms with Gasteiger partial charge < -0.3 is 16.4 Å². The first kappa shape index (κ1) is 16.4. The molecule has 1 unspecified atom stereocenters. The maximum Gasteiger partial charge on any atom is 0.251 e. The standard InChI is InChI=1S/C16H19N5O2/c1-10-8-14(20-11(2)19-10)18-9-13(15(17)22)21-16(23)12-6-4-3-5-7-12/h3-8,13H,9H2,1-2H3,(H2,17,22)(H,21,23)(H,18,19,20). The van der Waals surface area contributed by atoms with Crippen LogP contribution in [0.5, 0.6) is 0 Å². The molecule has 0 aliphatic rings. The van der Waals surface area contributed by atoms with E-state index >= 15 is 0 Å². The van der Waals surface area contributed by atoms with Crippen molar-refractivity contribution >= 4 is 17.6 Å². The highest BCUT2D eigenvalue weighted by molar-refractivity contribution is 5.97. The average molecular weight is 313 g/mol. The maximum atomic E-state index is 12.1. The molecule has 2 aromatic rings. The molecule has 120 valence electrons. The van der Waals surface area contributed by atoms with Crippen molar-refractivity contribution in [2.45, 2.75) is 19.9 Å². The number of aryl methyl sites for hydroxylation is 2. The van der Waals surface area contributed by atoms with Gasteiger partial charge in [0.15, 0.2) is 0 Å². The largest absolute Gasteiger partial charge is 0.368 e. The summed E-state index contributed by atoms with van der Waals surface area (Å²) < 4.78 is 0. The molecule has 1 aromatic carbocycles. The van der Waals surface area contributed by atoms with Gasteiger partial charge in [-0.15, -0.1) is 0 Å². The first-order valence-corrected chi connectivity index (χ1v) is 7.17. The molecule has 1 heterocycles. The van der Waals surface area contributed by atoms with Crippen molar-refractivity contribution in [2.24, 2.45) is 5.73 Å². The van der Waals surface area contributed by atoms with E-state index in [9.17, 15) is 9.59 Å². The summed E-state index contributed by atoms with van der Waals surface area (Å²) in [5, 5.41) is 5.61. The van der Waals surface area contributed by atoms with Crippen LogP contribution in [0.1, 0.15) is 21.9 Å². The van der Waals surface area contributed by atoms with E-state index in [1.807, 2.05) is 13.0 Å². The highest BCUT2D eigenvalue weighted by atomic mass is 16.2. The van der Waals surface area contributed by atoms with Crippen LogP contribution < -0.4 is 16.4 Å². The van der Waals surface area contributed by atoms with E-state index < -0.39 is 11.9 Å². The predicted molar refractivity (Wildman–Crippen MR) is 86.9 cm³/mol. The minimum atomic E-state index is -0.849. The van der Waals surface area contributed by atoms with Gasteiger partial charge >= 0.3 is 0 Å². The first-order valence-electron chi connectivity index (χ1n) is 7.17. The summed E-state index contributed by atoms with van der Waals surface area (Å²) in [7, 11) is 0. The van der Waals surface area contributed by atoms with Crippen LogP contribution in [0.15, 0.2) is 36.4 Å². The molecule has 2 rings (SSSR count). The Morgan fingerprint density at radius 3 is 2.48 bits per heavy atom. The second-order valence-corrected chi connectivity index (χ2v) is 5.12. The fraction of sp³-hybridized carbons (Fsp3) is 0.250. The number of carbonyl (C=O) groups excluding carboxylic acids is 2. The quantitative estimate of drug-likeness (QED) is 0.730. The lowest BCUT2D eigenvalue weighted by atomic mass is 10.2. The number of benzene rings is 1. The lowest BCUT2D eigenvalue weighted by molar-refractivity contribution is -0.119. The lowest BCUT2D eigenvalue weighted by Gasteiger charge is -2.17. The zero-order chi connectivity index (χ0) is 16.8. The lowest BCUT2D eigenvalue weighted by Crippen LogP contribution is -2.48. The molecular formula is C16H19N5O2. The summed E-state index contributed by atoms with van der Waals surface area (Å²) in [6.45, 7) is 3.77. The van der Waals surface area contributed by atoms with E-state index in [4.69, 9.17) is 5.73 Å². The molecule has 7 heteroatoms. The molecule has 0 aliphatic carbocycles. The average Bonchev–Trinajstić information content (AvgIpc) is 2.50. The van der Waals surface area contributed by atoms with Crippen LogP contribution in [0.4, 0.5) is 5.82 Å². The van der Waals surface area contributed by atoms with E-state index in [0.29, 0.717) is 17.2 Å². The number of rotatable bonds is 6. The third kappa shape index (κ3) is 4.77. The van der Waals surface area contributed by atoms with E-state index in [2.05, 4.69) is 20.6 Å². The molecule has 0 bridgehead atoms. The Labute approximate surface area is 134 Å². The van der Waals surface area contributed by atoms with Crippen molar-refractivity contribution in [3.63, 3.8) is 0 Å². The van der Waals surface area contributed by atoms with Gasteiger partial charge in [0.2, 0.25) is 5.91 Å². The summed E-state index contributed by atoms with van der Waals surface area (Å²) in [6.07, 6.45) is 0. The smallest absolute Gasteiger partial charge is 0.251 e. The summed E-state index contributed by atoms with van der Waals surface area (Å²) in [5.74, 6) is 0.224. The molecule has 1 atom stereocenters. The Kier molecular flexibility index (Phi) is 5.24. The van der Waals surface area contributed by atoms with Crippen molar-refractivity contribution in [1.29, 1.82) is 0 Å². The van der Waals surface area contributed by atoms with Crippen LogP contribution >= 0.6 is 0 Å². The van der Waals surface area contributed by atoms with Gasteiger partial charge in [-0.2, -0.15) is 0 Å². The highest BCUT2D eigenvalue weighted by Crippen LogP contribution is 2.06. The number of amides is 2. The molecule has 0 saturated heterocycles. The highest BCUT2D eigenvalue weighted by Gasteiger charge is 2.19. The van der Waals surface area contributed by atoms with E-state index in [-0.39, 0.29) is 12.5 Å². The number of nitrogens with zero attached hydrogens (tertiary/aromatic N) is 2. The Hall–Kier alpha value is -2.96. The van der Waals surface area contributed by atoms with Crippen LogP contribution in [-0.4, -0.2) is 34.4 Å². The second-order valence-electron chi connectivity index (χ2n) is 5.12. The Bertz CT molecular complexity index is 683. The van der Waals surface area contributed by atoms with Gasteiger partial charge in [-0.05, 0) is 26.0 Å². The Balaban J connectivity index is 2.01. The van der Waals surface area contributed by atoms with Crippen molar-refractivity contribution in [2.75, 3.05) is 11.9 Å². The minimum absolute atomic E-state index is 0.143. The van der Waals surface area contributed by atoms with Gasteiger partial charge in [0, 0.05) is 23.9 Å². The number of nitrogens with two attached hydrogens (primary N) is 1. The van der Waals surface area contributed by atoms with Crippen molar-refractivity contribution < 1.29 is 9.59 Å². The monoisotopic (exact) mass is 313 g/mol. The number of carbonyl (C=O) groups is 2. The van der Waals surface area contributed by atoms with Gasteiger partial charge in [-0.3, -0.25) is 9.59 Å². The molecule has 0 spiro atoms. The van der Waals surface area contributed by atoms with Gasteiger partial charge in [0.1, 0.15) is 17.7 Å². The SMILES string of the molecule is Cc1cc(NCC(NC(=O)c2ccccc2)C(N)=O)nc(C)n1. The number of anilines is 1. The zero-order valence-corrected chi connectivity index (χ0v) is 13.0. The van der Waals surface area contributed by atoms with Crippen LogP contribution in [0.3, 0.4) is 0 Å². The van der Waals surface area contributed by atoms with Gasteiger partial charge in [0.05, 0.1) is 0 Å². The number of aromatic nitrogens is 2. The molecule has 7 nitrogen and oxygen atoms in total. The summed E-state index contributed by atoms with van der Waals surface area (Å²) in [4.78, 5) is 32.1. The van der Waals surface area contributed by atoms with Crippen LogP contribution in [0.2, 0.25) is 0 Å². The molecule has 0 radical (unpaired) electrons. The molecule has 0 fully saturated rings. The topological polar surface area (TPSA) is 110 Å². The third-order valence-electron chi connectivity index (χ3n) is 3.14. The summed E-state index contributed by atoms with van der Waals surface area (Å²) in [5.41, 5.74) is 6.64. The van der Waals surface area contributed by atoms with Gasteiger partial charge in [-0.1, -0.05) is 18.2 Å². The fourth-order valence-corrected chi connectivity index (χ4v) is 2.07. The maximum absolute atomic E-state index is 12.1. The summed E-state index contributed by atoms with van der Waals surface area (Å²) in [6, 6.07) is 9.54. The van der Waals surface area contributed by atoms with E-state index in [1.165, 1.54) is 0 Å². The van der Waals surface area contributed by atoms with E-state index in [1.54, 1.807) is 37.3 Å². The van der Waals surface area contributed by atoms with Gasteiger partial charge in [0.25, 0.3) is 5.91 Å². The zero-order valence-electron chi connectivity index (χ0n) is 13.0. The van der Waals surface area contributed by atoms with Crippen LogP contribution in [0, 0.1) is 13.8 Å². The van der Waals surface area contributed by atoms with Crippen LogP contribution in [-0.2, 0) is 4.79 Å². The van der Waals surface area contributed by atoms with Gasteiger partial charge in [-0.25, -0.2) is 9.97 Å². The number of hydrogen-bond acceptors (Lipinski definition) is 5. The molecule has 0 saturated carbocycles. The van der Waals surface area contributed by atoms with E-state index in [0.717, 1.165) is 5.69 Å². The second kappa shape index (κ2) is 7.35. The van der Waals surface area contributed by atoms with Crippen molar-refractivity contribution in [1.82, 2.24) is 15.3 Å². The summed E-state index contributed by atoms with van der Waals surface area (Å²) >= 11 is 0. The Morgan fingerprint density at radius 1 is 1.17 bits per heavy atom. The first-order chi connectivity index (χ1) is 11.0. The molecule has 4 N–H and O–H groups in total. The van der Waals surface area contributed by atoms with Crippen LogP contribution in [0.25, 0.3) is 0 Å². The molecule has 1 aromatic heterocycles. The predicted octanol–water partition coefficient (Wildman–Crippen LogP) is 0.789. The number of nitrogens with one attached hydrogen (secondary N) is 2. The minimum Gasteiger partial charge on any atom is -0.368 e. The fourth-order valence-electron chi connectivity index (χ4n) is 2.07. The third-order valence-corrected chi connectivity index (χ3v) is 3.14. The molecule has 0 aliphatic heterocycles.